The van der Waals surface area contributed by atoms with Crippen LogP contribution in [0.1, 0.15) is 16.8 Å². The summed E-state index contributed by atoms with van der Waals surface area (Å²) in [7, 11) is 3.15. The normalized spacial score (nSPS) is 10.5. The van der Waals surface area contributed by atoms with Crippen LogP contribution in [0.25, 0.3) is 0 Å². The predicted octanol–water partition coefficient (Wildman–Crippen LogP) is 2.79. The summed E-state index contributed by atoms with van der Waals surface area (Å²) in [6.45, 7) is 3.54. The molecular formula is C16H20ClN3O2. The van der Waals surface area contributed by atoms with Crippen molar-refractivity contribution in [3.63, 3.8) is 0 Å². The molecule has 0 fully saturated rings. The minimum absolute atomic E-state index is 0.487. The quantitative estimate of drug-likeness (QED) is 0.795. The van der Waals surface area contributed by atoms with E-state index in [1.807, 2.05) is 19.1 Å². The molecule has 0 unspecified atom stereocenters. The molecule has 0 spiro atoms. The fraction of sp³-hybridized carbons (Fsp3) is 0.375. The summed E-state index contributed by atoms with van der Waals surface area (Å²) in [4.78, 5) is 8.54. The molecule has 0 bridgehead atoms. The SMILES string of the molecule is COc1cnc(OC)c(CCNCc2cc(C)cc(Cl)c2)n1. The van der Waals surface area contributed by atoms with Gasteiger partial charge in [-0.2, -0.15) is 0 Å². The second kappa shape index (κ2) is 7.96. The largest absolute Gasteiger partial charge is 0.480 e. The number of nitrogens with zero attached hydrogens (tertiary/aromatic N) is 2. The van der Waals surface area contributed by atoms with E-state index in [1.54, 1.807) is 20.4 Å². The highest BCUT2D eigenvalue weighted by atomic mass is 35.5. The van der Waals surface area contributed by atoms with Gasteiger partial charge in [0, 0.05) is 24.5 Å². The van der Waals surface area contributed by atoms with Crippen molar-refractivity contribution >= 4 is 11.6 Å². The molecule has 6 heteroatoms. The van der Waals surface area contributed by atoms with Crippen molar-refractivity contribution in [2.24, 2.45) is 0 Å². The molecule has 0 atom stereocenters. The standard InChI is InChI=1S/C16H20ClN3O2/c1-11-6-12(8-13(17)7-11)9-18-5-4-14-16(22-3)19-10-15(20-14)21-2/h6-8,10,18H,4-5,9H2,1-3H3. The first kappa shape index (κ1) is 16.5. The summed E-state index contributed by atoms with van der Waals surface area (Å²) in [5.41, 5.74) is 3.09. The number of halogens is 1. The van der Waals surface area contributed by atoms with E-state index in [-0.39, 0.29) is 0 Å². The van der Waals surface area contributed by atoms with E-state index in [9.17, 15) is 0 Å². The van der Waals surface area contributed by atoms with Crippen molar-refractivity contribution in [2.75, 3.05) is 20.8 Å². The Morgan fingerprint density at radius 1 is 1.18 bits per heavy atom. The number of aryl methyl sites for hydroxylation is 1. The molecule has 2 aromatic rings. The highest BCUT2D eigenvalue weighted by Gasteiger charge is 2.08. The number of rotatable bonds is 7. The maximum atomic E-state index is 6.06. The van der Waals surface area contributed by atoms with Crippen molar-refractivity contribution in [3.8, 4) is 11.8 Å². The van der Waals surface area contributed by atoms with Gasteiger partial charge in [-0.25, -0.2) is 9.97 Å². The highest BCUT2D eigenvalue weighted by molar-refractivity contribution is 6.30. The molecule has 118 valence electrons. The molecule has 22 heavy (non-hydrogen) atoms. The van der Waals surface area contributed by atoms with E-state index >= 15 is 0 Å². The van der Waals surface area contributed by atoms with Gasteiger partial charge in [-0.1, -0.05) is 17.7 Å². The van der Waals surface area contributed by atoms with Gasteiger partial charge in [-0.15, -0.1) is 0 Å². The molecule has 0 saturated heterocycles. The lowest BCUT2D eigenvalue weighted by Crippen LogP contribution is -2.18. The van der Waals surface area contributed by atoms with Gasteiger partial charge in [-0.05, 0) is 30.2 Å². The van der Waals surface area contributed by atoms with Gasteiger partial charge in [0.2, 0.25) is 11.8 Å². The van der Waals surface area contributed by atoms with E-state index in [0.29, 0.717) is 18.2 Å². The Morgan fingerprint density at radius 3 is 2.68 bits per heavy atom. The third kappa shape index (κ3) is 4.58. The van der Waals surface area contributed by atoms with Crippen LogP contribution in [0.3, 0.4) is 0 Å². The van der Waals surface area contributed by atoms with Crippen LogP contribution in [0.4, 0.5) is 0 Å². The summed E-state index contributed by atoms with van der Waals surface area (Å²) in [6, 6.07) is 6.03. The van der Waals surface area contributed by atoms with Crippen LogP contribution in [0.15, 0.2) is 24.4 Å². The maximum absolute atomic E-state index is 6.06. The predicted molar refractivity (Wildman–Crippen MR) is 86.7 cm³/mol. The van der Waals surface area contributed by atoms with Crippen molar-refractivity contribution < 1.29 is 9.47 Å². The molecule has 0 amide bonds. The van der Waals surface area contributed by atoms with Crippen LogP contribution in [0.5, 0.6) is 11.8 Å². The molecule has 2 rings (SSSR count). The van der Waals surface area contributed by atoms with E-state index in [1.165, 1.54) is 0 Å². The Hall–Kier alpha value is -1.85. The molecule has 0 aliphatic rings. The maximum Gasteiger partial charge on any atom is 0.235 e. The molecule has 0 saturated carbocycles. The lowest BCUT2D eigenvalue weighted by atomic mass is 10.1. The minimum atomic E-state index is 0.487. The zero-order chi connectivity index (χ0) is 15.9. The molecule has 0 radical (unpaired) electrons. The first-order valence-corrected chi connectivity index (χ1v) is 7.41. The second-order valence-corrected chi connectivity index (χ2v) is 5.37. The zero-order valence-corrected chi connectivity index (χ0v) is 13.8. The van der Waals surface area contributed by atoms with Crippen LogP contribution in [0.2, 0.25) is 5.02 Å². The average Bonchev–Trinajstić information content (AvgIpc) is 2.50. The topological polar surface area (TPSA) is 56.3 Å². The molecule has 1 heterocycles. The van der Waals surface area contributed by atoms with Gasteiger partial charge >= 0.3 is 0 Å². The number of nitrogens with one attached hydrogen (secondary N) is 1. The number of methoxy groups -OCH3 is 2. The van der Waals surface area contributed by atoms with E-state index in [0.717, 1.165) is 34.9 Å². The summed E-state index contributed by atoms with van der Waals surface area (Å²) >= 11 is 6.06. The van der Waals surface area contributed by atoms with Gasteiger partial charge in [-0.3, -0.25) is 0 Å². The Labute approximate surface area is 135 Å². The van der Waals surface area contributed by atoms with Crippen LogP contribution in [-0.4, -0.2) is 30.7 Å². The number of hydrogen-bond donors (Lipinski definition) is 1. The fourth-order valence-electron chi connectivity index (χ4n) is 2.18. The molecule has 1 N–H and O–H groups in total. The molecule has 1 aromatic carbocycles. The molecular weight excluding hydrogens is 302 g/mol. The Balaban J connectivity index is 1.90. The van der Waals surface area contributed by atoms with E-state index in [4.69, 9.17) is 21.1 Å². The fourth-order valence-corrected chi connectivity index (χ4v) is 2.50. The third-order valence-corrected chi connectivity index (χ3v) is 3.37. The summed E-state index contributed by atoms with van der Waals surface area (Å²) in [6.07, 6.45) is 2.25. The van der Waals surface area contributed by atoms with Gasteiger partial charge in [0.15, 0.2) is 0 Å². The van der Waals surface area contributed by atoms with Crippen LogP contribution < -0.4 is 14.8 Å². The average molecular weight is 322 g/mol. The molecule has 0 aliphatic carbocycles. The second-order valence-electron chi connectivity index (χ2n) is 4.93. The Morgan fingerprint density at radius 2 is 2.00 bits per heavy atom. The number of benzene rings is 1. The molecule has 0 aliphatic heterocycles. The van der Waals surface area contributed by atoms with Crippen LogP contribution in [-0.2, 0) is 13.0 Å². The van der Waals surface area contributed by atoms with Gasteiger partial charge in [0.05, 0.1) is 20.4 Å². The summed E-state index contributed by atoms with van der Waals surface area (Å²) < 4.78 is 10.3. The van der Waals surface area contributed by atoms with Gasteiger partial charge in [0.1, 0.15) is 5.69 Å². The monoisotopic (exact) mass is 321 g/mol. The summed E-state index contributed by atoms with van der Waals surface area (Å²) in [5.74, 6) is 1.02. The van der Waals surface area contributed by atoms with Crippen LogP contribution >= 0.6 is 11.6 Å². The first-order chi connectivity index (χ1) is 10.6. The first-order valence-electron chi connectivity index (χ1n) is 7.03. The third-order valence-electron chi connectivity index (χ3n) is 3.16. The van der Waals surface area contributed by atoms with Crippen molar-refractivity contribution in [1.29, 1.82) is 0 Å². The van der Waals surface area contributed by atoms with Gasteiger partial charge < -0.3 is 14.8 Å². The highest BCUT2D eigenvalue weighted by Crippen LogP contribution is 2.17. The Kier molecular flexibility index (Phi) is 5.98. The van der Waals surface area contributed by atoms with Crippen LogP contribution in [0, 0.1) is 6.92 Å². The van der Waals surface area contributed by atoms with Crippen molar-refractivity contribution in [3.05, 3.63) is 46.2 Å². The van der Waals surface area contributed by atoms with Crippen molar-refractivity contribution in [1.82, 2.24) is 15.3 Å². The van der Waals surface area contributed by atoms with E-state index < -0.39 is 0 Å². The molecule has 1 aromatic heterocycles. The summed E-state index contributed by atoms with van der Waals surface area (Å²) in [5, 5.41) is 4.13. The zero-order valence-electron chi connectivity index (χ0n) is 13.0. The number of aromatic nitrogens is 2. The lowest BCUT2D eigenvalue weighted by molar-refractivity contribution is 0.367. The van der Waals surface area contributed by atoms with E-state index in [2.05, 4.69) is 21.4 Å². The van der Waals surface area contributed by atoms with Gasteiger partial charge in [0.25, 0.3) is 0 Å². The smallest absolute Gasteiger partial charge is 0.235 e. The van der Waals surface area contributed by atoms with Crippen molar-refractivity contribution in [2.45, 2.75) is 19.9 Å². The number of ether oxygens (including phenoxy) is 2. The Bertz CT molecular complexity index is 615. The lowest BCUT2D eigenvalue weighted by Gasteiger charge is -2.09. The number of hydrogen-bond acceptors (Lipinski definition) is 5. The minimum Gasteiger partial charge on any atom is -0.480 e. The molecule has 5 nitrogen and oxygen atoms in total.